The fraction of sp³-hybridized carbons (Fsp3) is 0.750. The number of hydrogen-bond acceptors (Lipinski definition) is 4. The summed E-state index contributed by atoms with van der Waals surface area (Å²) in [6, 6.07) is -0.538. The van der Waals surface area contributed by atoms with E-state index in [2.05, 4.69) is 16.0 Å². The summed E-state index contributed by atoms with van der Waals surface area (Å²) >= 11 is 0. The molecular weight excluding hydrogens is 250 g/mol. The van der Waals surface area contributed by atoms with Gasteiger partial charge in [0.05, 0.1) is 6.54 Å². The van der Waals surface area contributed by atoms with Crippen molar-refractivity contribution in [3.05, 3.63) is 0 Å². The van der Waals surface area contributed by atoms with Crippen molar-refractivity contribution in [2.24, 2.45) is 0 Å². The molecule has 1 rings (SSSR count). The van der Waals surface area contributed by atoms with Crippen molar-refractivity contribution >= 4 is 18.0 Å². The Balaban J connectivity index is 2.63. The molecule has 0 aromatic heterocycles. The Morgan fingerprint density at radius 3 is 2.42 bits per heavy atom. The highest BCUT2D eigenvalue weighted by Gasteiger charge is 2.45. The second-order valence-corrected chi connectivity index (χ2v) is 5.60. The average molecular weight is 271 g/mol. The normalized spacial score (nSPS) is 22.7. The standard InChI is InChI=1S/C12H21N3O4/c1-5-6-12(8(16)14-9(17)15-12)7-13-10(18)19-11(2,3)4/h5-7H2,1-4H3,(H,13,18)(H2,14,15,16,17)/t12-/m1/s1. The van der Waals surface area contributed by atoms with Gasteiger partial charge < -0.3 is 15.4 Å². The van der Waals surface area contributed by atoms with E-state index in [1.807, 2.05) is 6.92 Å². The number of urea groups is 1. The highest BCUT2D eigenvalue weighted by atomic mass is 16.6. The van der Waals surface area contributed by atoms with Crippen LogP contribution < -0.4 is 16.0 Å². The van der Waals surface area contributed by atoms with Crippen LogP contribution in [-0.4, -0.2) is 35.7 Å². The van der Waals surface area contributed by atoms with Gasteiger partial charge in [0.1, 0.15) is 11.1 Å². The number of amides is 4. The van der Waals surface area contributed by atoms with Gasteiger partial charge in [-0.15, -0.1) is 0 Å². The Hall–Kier alpha value is -1.79. The zero-order valence-electron chi connectivity index (χ0n) is 11.8. The largest absolute Gasteiger partial charge is 0.444 e. The van der Waals surface area contributed by atoms with Gasteiger partial charge in [-0.25, -0.2) is 9.59 Å². The minimum atomic E-state index is -1.08. The van der Waals surface area contributed by atoms with E-state index in [-0.39, 0.29) is 6.54 Å². The molecule has 7 nitrogen and oxygen atoms in total. The molecular formula is C12H21N3O4. The maximum Gasteiger partial charge on any atom is 0.407 e. The maximum atomic E-state index is 11.8. The van der Waals surface area contributed by atoms with Gasteiger partial charge in [-0.05, 0) is 27.2 Å². The first-order chi connectivity index (χ1) is 8.68. The molecule has 0 aromatic carbocycles. The molecule has 0 aromatic rings. The minimum absolute atomic E-state index is 0.00727. The SMILES string of the molecule is CCC[C@]1(CNC(=O)OC(C)(C)C)NC(=O)NC1=O. The molecule has 1 aliphatic rings. The third-order valence-electron chi connectivity index (χ3n) is 2.62. The van der Waals surface area contributed by atoms with Crippen LogP contribution in [0.4, 0.5) is 9.59 Å². The van der Waals surface area contributed by atoms with E-state index in [9.17, 15) is 14.4 Å². The van der Waals surface area contributed by atoms with Crippen LogP contribution in [0.15, 0.2) is 0 Å². The predicted octanol–water partition coefficient (Wildman–Crippen LogP) is 0.889. The molecule has 19 heavy (non-hydrogen) atoms. The lowest BCUT2D eigenvalue weighted by molar-refractivity contribution is -0.124. The van der Waals surface area contributed by atoms with Crippen LogP contribution in [0.2, 0.25) is 0 Å². The highest BCUT2D eigenvalue weighted by Crippen LogP contribution is 2.17. The highest BCUT2D eigenvalue weighted by molar-refractivity contribution is 6.07. The summed E-state index contributed by atoms with van der Waals surface area (Å²) in [5.74, 6) is -0.421. The van der Waals surface area contributed by atoms with Crippen LogP contribution in [0.3, 0.4) is 0 Å². The smallest absolute Gasteiger partial charge is 0.407 e. The van der Waals surface area contributed by atoms with Crippen molar-refractivity contribution in [1.82, 2.24) is 16.0 Å². The van der Waals surface area contributed by atoms with E-state index >= 15 is 0 Å². The Morgan fingerprint density at radius 1 is 1.37 bits per heavy atom. The van der Waals surface area contributed by atoms with Gasteiger partial charge in [0.2, 0.25) is 0 Å². The summed E-state index contributed by atoms with van der Waals surface area (Å²) in [6.45, 7) is 7.15. The summed E-state index contributed by atoms with van der Waals surface area (Å²) in [5, 5.41) is 7.27. The minimum Gasteiger partial charge on any atom is -0.444 e. The zero-order chi connectivity index (χ0) is 14.7. The zero-order valence-corrected chi connectivity index (χ0v) is 11.8. The molecule has 0 bridgehead atoms. The summed E-state index contributed by atoms with van der Waals surface area (Å²) in [4.78, 5) is 34.6. The molecule has 7 heteroatoms. The van der Waals surface area contributed by atoms with E-state index < -0.39 is 29.2 Å². The van der Waals surface area contributed by atoms with Crippen molar-refractivity contribution in [1.29, 1.82) is 0 Å². The average Bonchev–Trinajstić information content (AvgIpc) is 2.49. The number of imide groups is 1. The van der Waals surface area contributed by atoms with Gasteiger partial charge in [-0.3, -0.25) is 10.1 Å². The quantitative estimate of drug-likeness (QED) is 0.661. The van der Waals surface area contributed by atoms with Crippen molar-refractivity contribution in [2.75, 3.05) is 6.54 Å². The van der Waals surface area contributed by atoms with Gasteiger partial charge in [0.25, 0.3) is 5.91 Å². The summed E-state index contributed by atoms with van der Waals surface area (Å²) in [5.41, 5.74) is -1.69. The first-order valence-corrected chi connectivity index (χ1v) is 6.29. The van der Waals surface area contributed by atoms with Crippen molar-refractivity contribution < 1.29 is 19.1 Å². The van der Waals surface area contributed by atoms with E-state index in [0.29, 0.717) is 12.8 Å². The number of nitrogens with one attached hydrogen (secondary N) is 3. The van der Waals surface area contributed by atoms with Crippen molar-refractivity contribution in [3.63, 3.8) is 0 Å². The molecule has 0 unspecified atom stereocenters. The lowest BCUT2D eigenvalue weighted by Crippen LogP contribution is -2.55. The second-order valence-electron chi connectivity index (χ2n) is 5.60. The number of carbonyl (C=O) groups is 3. The third-order valence-corrected chi connectivity index (χ3v) is 2.62. The molecule has 1 aliphatic heterocycles. The van der Waals surface area contributed by atoms with Crippen LogP contribution in [0.25, 0.3) is 0 Å². The lowest BCUT2D eigenvalue weighted by atomic mass is 9.94. The fourth-order valence-corrected chi connectivity index (χ4v) is 1.88. The van der Waals surface area contributed by atoms with Crippen LogP contribution in [0.1, 0.15) is 40.5 Å². The number of alkyl carbamates (subject to hydrolysis) is 1. The van der Waals surface area contributed by atoms with Gasteiger partial charge >= 0.3 is 12.1 Å². The monoisotopic (exact) mass is 271 g/mol. The van der Waals surface area contributed by atoms with Gasteiger partial charge in [0.15, 0.2) is 0 Å². The molecule has 4 amide bonds. The summed E-state index contributed by atoms with van der Waals surface area (Å²) in [6.07, 6.45) is 0.529. The molecule has 0 spiro atoms. The maximum absolute atomic E-state index is 11.8. The van der Waals surface area contributed by atoms with E-state index in [1.54, 1.807) is 20.8 Å². The Labute approximate surface area is 112 Å². The van der Waals surface area contributed by atoms with E-state index in [1.165, 1.54) is 0 Å². The molecule has 108 valence electrons. The van der Waals surface area contributed by atoms with Gasteiger partial charge in [-0.2, -0.15) is 0 Å². The number of hydrogen-bond donors (Lipinski definition) is 3. The third kappa shape index (κ3) is 4.11. The van der Waals surface area contributed by atoms with Crippen LogP contribution in [0.5, 0.6) is 0 Å². The first kappa shape index (κ1) is 15.3. The van der Waals surface area contributed by atoms with Gasteiger partial charge in [0, 0.05) is 0 Å². The molecule has 0 saturated carbocycles. The summed E-state index contributed by atoms with van der Waals surface area (Å²) in [7, 11) is 0. The van der Waals surface area contributed by atoms with Gasteiger partial charge in [-0.1, -0.05) is 13.3 Å². The predicted molar refractivity (Wildman–Crippen MR) is 68.6 cm³/mol. The Bertz CT molecular complexity index is 389. The molecule has 1 heterocycles. The van der Waals surface area contributed by atoms with Crippen molar-refractivity contribution in [3.8, 4) is 0 Å². The van der Waals surface area contributed by atoms with Crippen molar-refractivity contribution in [2.45, 2.75) is 51.7 Å². The first-order valence-electron chi connectivity index (χ1n) is 6.29. The molecule has 1 fully saturated rings. The van der Waals surface area contributed by atoms with Crippen LogP contribution in [-0.2, 0) is 9.53 Å². The lowest BCUT2D eigenvalue weighted by Gasteiger charge is -2.27. The number of carbonyl (C=O) groups excluding carboxylic acids is 3. The number of rotatable bonds is 4. The molecule has 0 radical (unpaired) electrons. The van der Waals surface area contributed by atoms with Crippen LogP contribution in [0, 0.1) is 0 Å². The van der Waals surface area contributed by atoms with E-state index in [4.69, 9.17) is 4.74 Å². The molecule has 1 saturated heterocycles. The number of ether oxygens (including phenoxy) is 1. The van der Waals surface area contributed by atoms with Crippen LogP contribution >= 0.6 is 0 Å². The molecule has 1 atom stereocenters. The Kier molecular flexibility index (Phi) is 4.39. The Morgan fingerprint density at radius 2 is 2.00 bits per heavy atom. The topological polar surface area (TPSA) is 96.5 Å². The summed E-state index contributed by atoms with van der Waals surface area (Å²) < 4.78 is 5.09. The fourth-order valence-electron chi connectivity index (χ4n) is 1.88. The molecule has 0 aliphatic carbocycles. The molecule has 3 N–H and O–H groups in total. The van der Waals surface area contributed by atoms with E-state index in [0.717, 1.165) is 0 Å². The second kappa shape index (κ2) is 5.46.